The number of hydrogen-bond acceptors (Lipinski definition) is 5. The minimum absolute atomic E-state index is 0.0279. The van der Waals surface area contributed by atoms with Crippen molar-refractivity contribution in [2.75, 3.05) is 12.4 Å². The van der Waals surface area contributed by atoms with Gasteiger partial charge in [0.05, 0.1) is 23.9 Å². The fourth-order valence-electron chi connectivity index (χ4n) is 2.18. The van der Waals surface area contributed by atoms with Crippen LogP contribution < -0.4 is 14.8 Å². The van der Waals surface area contributed by atoms with Gasteiger partial charge in [0.25, 0.3) is 0 Å². The molecule has 0 aliphatic rings. The SMILES string of the molecule is COc1cc(/C=C/C(=O)Nc2nc(C(C)(C)C)cs2)cc(Cl)c1OC(C)C. The number of hydrogen-bond donors (Lipinski definition) is 1. The number of carbonyl (C=O) groups is 1. The number of amides is 1. The maximum absolute atomic E-state index is 12.2. The normalized spacial score (nSPS) is 11.9. The van der Waals surface area contributed by atoms with Crippen LogP contribution in [0.25, 0.3) is 6.08 Å². The summed E-state index contributed by atoms with van der Waals surface area (Å²) in [5.74, 6) is 0.752. The first-order valence-corrected chi connectivity index (χ1v) is 9.85. The quantitative estimate of drug-likeness (QED) is 0.637. The summed E-state index contributed by atoms with van der Waals surface area (Å²) in [6.45, 7) is 10.1. The summed E-state index contributed by atoms with van der Waals surface area (Å²) < 4.78 is 11.0. The van der Waals surface area contributed by atoms with Crippen LogP contribution in [0.1, 0.15) is 45.9 Å². The number of nitrogens with one attached hydrogen (secondary N) is 1. The van der Waals surface area contributed by atoms with Crippen molar-refractivity contribution in [3.8, 4) is 11.5 Å². The van der Waals surface area contributed by atoms with E-state index in [0.717, 1.165) is 11.3 Å². The van der Waals surface area contributed by atoms with E-state index < -0.39 is 0 Å². The van der Waals surface area contributed by atoms with E-state index in [4.69, 9.17) is 21.1 Å². The lowest BCUT2D eigenvalue weighted by molar-refractivity contribution is -0.111. The molecule has 5 nitrogen and oxygen atoms in total. The molecule has 1 N–H and O–H groups in total. The molecule has 0 atom stereocenters. The number of benzene rings is 1. The van der Waals surface area contributed by atoms with Crippen LogP contribution in [-0.4, -0.2) is 24.1 Å². The number of carbonyl (C=O) groups excluding carboxylic acids is 1. The Morgan fingerprint density at radius 1 is 1.33 bits per heavy atom. The second-order valence-corrected chi connectivity index (χ2v) is 8.58. The van der Waals surface area contributed by atoms with Crippen LogP contribution in [0.5, 0.6) is 11.5 Å². The number of methoxy groups -OCH3 is 1. The van der Waals surface area contributed by atoms with Crippen LogP contribution in [0, 0.1) is 0 Å². The zero-order valence-corrected chi connectivity index (χ0v) is 18.0. The van der Waals surface area contributed by atoms with Crippen LogP contribution in [-0.2, 0) is 10.2 Å². The Balaban J connectivity index is 2.11. The number of aromatic nitrogens is 1. The highest BCUT2D eigenvalue weighted by Gasteiger charge is 2.18. The molecule has 146 valence electrons. The molecule has 1 amide bonds. The fraction of sp³-hybridized carbons (Fsp3) is 0.400. The topological polar surface area (TPSA) is 60.5 Å². The monoisotopic (exact) mass is 408 g/mol. The summed E-state index contributed by atoms with van der Waals surface area (Å²) in [4.78, 5) is 16.6. The standard InChI is InChI=1S/C20H25ClN2O3S/c1-12(2)26-18-14(21)9-13(10-15(18)25-6)7-8-17(24)23-19-22-16(11-27-19)20(3,4)5/h7-12H,1-6H3,(H,22,23,24)/b8-7+. The summed E-state index contributed by atoms with van der Waals surface area (Å²) in [7, 11) is 1.55. The van der Waals surface area contributed by atoms with Gasteiger partial charge in [0.15, 0.2) is 16.6 Å². The van der Waals surface area contributed by atoms with Crippen molar-refractivity contribution in [2.24, 2.45) is 0 Å². The second kappa shape index (κ2) is 8.76. The molecule has 1 aromatic heterocycles. The van der Waals surface area contributed by atoms with Crippen molar-refractivity contribution >= 4 is 40.1 Å². The molecule has 0 saturated heterocycles. The van der Waals surface area contributed by atoms with Gasteiger partial charge in [-0.2, -0.15) is 0 Å². The molecule has 2 aromatic rings. The summed E-state index contributed by atoms with van der Waals surface area (Å²) in [6, 6.07) is 3.50. The van der Waals surface area contributed by atoms with Crippen molar-refractivity contribution in [3.63, 3.8) is 0 Å². The molecule has 0 aliphatic heterocycles. The van der Waals surface area contributed by atoms with Crippen molar-refractivity contribution in [3.05, 3.63) is 39.9 Å². The van der Waals surface area contributed by atoms with E-state index in [-0.39, 0.29) is 17.4 Å². The maximum atomic E-state index is 12.2. The largest absolute Gasteiger partial charge is 0.493 e. The van der Waals surface area contributed by atoms with E-state index in [9.17, 15) is 4.79 Å². The first-order valence-electron chi connectivity index (χ1n) is 8.59. The van der Waals surface area contributed by atoms with Gasteiger partial charge in [0, 0.05) is 16.9 Å². The second-order valence-electron chi connectivity index (χ2n) is 7.31. The summed E-state index contributed by atoms with van der Waals surface area (Å²) in [5.41, 5.74) is 1.63. The molecular weight excluding hydrogens is 384 g/mol. The van der Waals surface area contributed by atoms with Crippen LogP contribution in [0.2, 0.25) is 5.02 Å². The molecule has 0 fully saturated rings. The third-order valence-electron chi connectivity index (χ3n) is 3.54. The minimum atomic E-state index is -0.262. The van der Waals surface area contributed by atoms with Crippen LogP contribution in [0.15, 0.2) is 23.6 Å². The Morgan fingerprint density at radius 3 is 2.59 bits per heavy atom. The predicted molar refractivity (Wildman–Crippen MR) is 112 cm³/mol. The number of rotatable bonds is 6. The third-order valence-corrected chi connectivity index (χ3v) is 4.57. The van der Waals surface area contributed by atoms with Gasteiger partial charge in [-0.1, -0.05) is 32.4 Å². The molecule has 7 heteroatoms. The average molecular weight is 409 g/mol. The van der Waals surface area contributed by atoms with Gasteiger partial charge in [-0.05, 0) is 37.6 Å². The van der Waals surface area contributed by atoms with Crippen LogP contribution in [0.3, 0.4) is 0 Å². The number of halogens is 1. The van der Waals surface area contributed by atoms with Gasteiger partial charge in [-0.3, -0.25) is 10.1 Å². The average Bonchev–Trinajstić information content (AvgIpc) is 3.03. The van der Waals surface area contributed by atoms with Gasteiger partial charge in [0.2, 0.25) is 5.91 Å². The molecule has 1 aromatic carbocycles. The Hall–Kier alpha value is -2.05. The fourth-order valence-corrected chi connectivity index (χ4v) is 3.38. The molecule has 0 spiro atoms. The molecule has 1 heterocycles. The Labute approximate surface area is 169 Å². The molecule has 0 saturated carbocycles. The van der Waals surface area contributed by atoms with Crippen molar-refractivity contribution in [1.29, 1.82) is 0 Å². The van der Waals surface area contributed by atoms with Gasteiger partial charge in [-0.15, -0.1) is 11.3 Å². The van der Waals surface area contributed by atoms with Gasteiger partial charge in [-0.25, -0.2) is 4.98 Å². The summed E-state index contributed by atoms with van der Waals surface area (Å²) in [6.07, 6.45) is 3.08. The lowest BCUT2D eigenvalue weighted by Gasteiger charge is -2.15. The Bertz CT molecular complexity index is 838. The predicted octanol–water partition coefficient (Wildman–Crippen LogP) is 5.54. The van der Waals surface area contributed by atoms with Gasteiger partial charge < -0.3 is 9.47 Å². The highest BCUT2D eigenvalue weighted by Crippen LogP contribution is 2.37. The number of thiazole rings is 1. The van der Waals surface area contributed by atoms with E-state index in [1.165, 1.54) is 17.4 Å². The molecule has 0 radical (unpaired) electrons. The third kappa shape index (κ3) is 5.97. The van der Waals surface area contributed by atoms with E-state index >= 15 is 0 Å². The zero-order chi connectivity index (χ0) is 20.2. The van der Waals surface area contributed by atoms with E-state index in [0.29, 0.717) is 21.7 Å². The van der Waals surface area contributed by atoms with Crippen molar-refractivity contribution < 1.29 is 14.3 Å². The van der Waals surface area contributed by atoms with E-state index in [1.54, 1.807) is 25.3 Å². The highest BCUT2D eigenvalue weighted by molar-refractivity contribution is 7.14. The minimum Gasteiger partial charge on any atom is -0.493 e. The van der Waals surface area contributed by atoms with Crippen molar-refractivity contribution in [1.82, 2.24) is 4.98 Å². The van der Waals surface area contributed by atoms with Gasteiger partial charge in [0.1, 0.15) is 0 Å². The Kier molecular flexibility index (Phi) is 6.89. The summed E-state index contributed by atoms with van der Waals surface area (Å²) >= 11 is 7.71. The number of anilines is 1. The number of ether oxygens (including phenoxy) is 2. The first kappa shape index (κ1) is 21.3. The van der Waals surface area contributed by atoms with Crippen molar-refractivity contribution in [2.45, 2.75) is 46.1 Å². The van der Waals surface area contributed by atoms with E-state index in [2.05, 4.69) is 31.1 Å². The molecule has 2 rings (SSSR count). The first-order chi connectivity index (χ1) is 12.6. The van der Waals surface area contributed by atoms with E-state index in [1.807, 2.05) is 19.2 Å². The molecule has 27 heavy (non-hydrogen) atoms. The lowest BCUT2D eigenvalue weighted by Crippen LogP contribution is -2.12. The van der Waals surface area contributed by atoms with Gasteiger partial charge >= 0.3 is 0 Å². The smallest absolute Gasteiger partial charge is 0.250 e. The molecular formula is C20H25ClN2O3S. The zero-order valence-electron chi connectivity index (χ0n) is 16.4. The van der Waals surface area contributed by atoms with Crippen LogP contribution in [0.4, 0.5) is 5.13 Å². The lowest BCUT2D eigenvalue weighted by atomic mass is 9.93. The number of nitrogens with zero attached hydrogens (tertiary/aromatic N) is 1. The summed E-state index contributed by atoms with van der Waals surface area (Å²) in [5, 5.41) is 5.74. The highest BCUT2D eigenvalue weighted by atomic mass is 35.5. The molecule has 0 bridgehead atoms. The molecule has 0 unspecified atom stereocenters. The Morgan fingerprint density at radius 2 is 2.04 bits per heavy atom. The molecule has 0 aliphatic carbocycles. The maximum Gasteiger partial charge on any atom is 0.250 e. The van der Waals surface area contributed by atoms with Crippen LogP contribution >= 0.6 is 22.9 Å².